The molecule has 0 atom stereocenters. The van der Waals surface area contributed by atoms with E-state index in [-0.39, 0.29) is 5.82 Å². The standard InChI is InChI=1S/C9H11F.C2H6/c1-6-4-8(3)9(10)5-7(6)2;1-2/h4-5H,1-3H3;1-2H3. The Morgan fingerprint density at radius 2 is 1.25 bits per heavy atom. The third-order valence-electron chi connectivity index (χ3n) is 1.77. The molecule has 0 aliphatic carbocycles. The quantitative estimate of drug-likeness (QED) is 0.553. The molecular formula is C11H17F. The van der Waals surface area contributed by atoms with E-state index >= 15 is 0 Å². The summed E-state index contributed by atoms with van der Waals surface area (Å²) in [6.45, 7) is 9.68. The summed E-state index contributed by atoms with van der Waals surface area (Å²) in [7, 11) is 0. The smallest absolute Gasteiger partial charge is 0.126 e. The van der Waals surface area contributed by atoms with Crippen molar-refractivity contribution in [2.45, 2.75) is 34.6 Å². The van der Waals surface area contributed by atoms with Gasteiger partial charge in [-0.25, -0.2) is 4.39 Å². The maximum atomic E-state index is 12.8. The SMILES string of the molecule is CC.Cc1cc(C)c(F)cc1C. The molecule has 0 radical (unpaired) electrons. The Labute approximate surface area is 74.4 Å². The van der Waals surface area contributed by atoms with E-state index in [2.05, 4.69) is 0 Å². The Balaban J connectivity index is 0.000000561. The van der Waals surface area contributed by atoms with E-state index in [0.717, 1.165) is 16.7 Å². The number of aryl methyl sites for hydroxylation is 3. The Morgan fingerprint density at radius 1 is 0.833 bits per heavy atom. The Morgan fingerprint density at radius 3 is 1.67 bits per heavy atom. The van der Waals surface area contributed by atoms with Gasteiger partial charge in [0.25, 0.3) is 0 Å². The highest BCUT2D eigenvalue weighted by Crippen LogP contribution is 2.12. The first kappa shape index (κ1) is 11.2. The molecule has 1 aromatic rings. The van der Waals surface area contributed by atoms with Crippen LogP contribution in [0, 0.1) is 26.6 Å². The lowest BCUT2D eigenvalue weighted by Crippen LogP contribution is -1.87. The molecule has 0 saturated heterocycles. The monoisotopic (exact) mass is 168 g/mol. The van der Waals surface area contributed by atoms with Crippen LogP contribution in [0.25, 0.3) is 0 Å². The minimum absolute atomic E-state index is 0.108. The van der Waals surface area contributed by atoms with Crippen LogP contribution >= 0.6 is 0 Å². The van der Waals surface area contributed by atoms with Gasteiger partial charge in [-0.1, -0.05) is 19.9 Å². The van der Waals surface area contributed by atoms with Gasteiger partial charge < -0.3 is 0 Å². The predicted octanol–water partition coefficient (Wildman–Crippen LogP) is 3.78. The fourth-order valence-electron chi connectivity index (χ4n) is 0.925. The summed E-state index contributed by atoms with van der Waals surface area (Å²) in [5.41, 5.74) is 2.89. The maximum Gasteiger partial charge on any atom is 0.126 e. The minimum Gasteiger partial charge on any atom is -0.207 e. The van der Waals surface area contributed by atoms with Gasteiger partial charge in [0.05, 0.1) is 0 Å². The first-order chi connectivity index (χ1) is 5.61. The molecular weight excluding hydrogens is 151 g/mol. The summed E-state index contributed by atoms with van der Waals surface area (Å²) in [5.74, 6) is -0.108. The van der Waals surface area contributed by atoms with Crippen LogP contribution in [0.15, 0.2) is 12.1 Å². The van der Waals surface area contributed by atoms with E-state index in [1.165, 1.54) is 0 Å². The lowest BCUT2D eigenvalue weighted by atomic mass is 10.1. The van der Waals surface area contributed by atoms with Crippen molar-refractivity contribution in [3.05, 3.63) is 34.6 Å². The molecule has 0 heterocycles. The number of halogens is 1. The molecule has 0 spiro atoms. The highest BCUT2D eigenvalue weighted by Gasteiger charge is 1.98. The van der Waals surface area contributed by atoms with Gasteiger partial charge in [0.15, 0.2) is 0 Å². The molecule has 0 aliphatic heterocycles. The van der Waals surface area contributed by atoms with E-state index < -0.39 is 0 Å². The van der Waals surface area contributed by atoms with E-state index in [1.807, 2.05) is 33.8 Å². The van der Waals surface area contributed by atoms with Gasteiger partial charge in [-0.2, -0.15) is 0 Å². The molecule has 68 valence electrons. The second-order valence-corrected chi connectivity index (χ2v) is 2.69. The minimum atomic E-state index is -0.108. The first-order valence-electron chi connectivity index (χ1n) is 4.34. The first-order valence-corrected chi connectivity index (χ1v) is 4.34. The fraction of sp³-hybridized carbons (Fsp3) is 0.455. The zero-order chi connectivity index (χ0) is 9.72. The zero-order valence-corrected chi connectivity index (χ0v) is 8.53. The molecule has 0 amide bonds. The van der Waals surface area contributed by atoms with Crippen molar-refractivity contribution >= 4 is 0 Å². The third-order valence-corrected chi connectivity index (χ3v) is 1.77. The number of hydrogen-bond donors (Lipinski definition) is 0. The third kappa shape index (κ3) is 2.65. The molecule has 1 heteroatoms. The molecule has 0 saturated carbocycles. The van der Waals surface area contributed by atoms with Crippen molar-refractivity contribution in [2.24, 2.45) is 0 Å². The number of benzene rings is 1. The lowest BCUT2D eigenvalue weighted by Gasteiger charge is -2.01. The van der Waals surface area contributed by atoms with Gasteiger partial charge >= 0.3 is 0 Å². The van der Waals surface area contributed by atoms with Crippen molar-refractivity contribution < 1.29 is 4.39 Å². The van der Waals surface area contributed by atoms with Gasteiger partial charge in [0, 0.05) is 0 Å². The van der Waals surface area contributed by atoms with Gasteiger partial charge in [0.2, 0.25) is 0 Å². The molecule has 0 aromatic heterocycles. The summed E-state index contributed by atoms with van der Waals surface area (Å²) in [4.78, 5) is 0. The highest BCUT2D eigenvalue weighted by atomic mass is 19.1. The average molecular weight is 168 g/mol. The van der Waals surface area contributed by atoms with Crippen LogP contribution < -0.4 is 0 Å². The van der Waals surface area contributed by atoms with E-state index in [4.69, 9.17) is 0 Å². The van der Waals surface area contributed by atoms with E-state index in [1.54, 1.807) is 13.0 Å². The normalized spacial score (nSPS) is 8.83. The number of rotatable bonds is 0. The van der Waals surface area contributed by atoms with Crippen LogP contribution in [0.2, 0.25) is 0 Å². The van der Waals surface area contributed by atoms with E-state index in [0.29, 0.717) is 0 Å². The van der Waals surface area contributed by atoms with Crippen molar-refractivity contribution in [3.63, 3.8) is 0 Å². The van der Waals surface area contributed by atoms with Crippen molar-refractivity contribution in [3.8, 4) is 0 Å². The molecule has 12 heavy (non-hydrogen) atoms. The Kier molecular flexibility index (Phi) is 4.57. The van der Waals surface area contributed by atoms with Gasteiger partial charge in [-0.05, 0) is 43.5 Å². The second-order valence-electron chi connectivity index (χ2n) is 2.69. The summed E-state index contributed by atoms with van der Waals surface area (Å²) < 4.78 is 12.8. The molecule has 0 fully saturated rings. The van der Waals surface area contributed by atoms with Crippen molar-refractivity contribution in [2.75, 3.05) is 0 Å². The van der Waals surface area contributed by atoms with Crippen molar-refractivity contribution in [1.29, 1.82) is 0 Å². The largest absolute Gasteiger partial charge is 0.207 e. The highest BCUT2D eigenvalue weighted by molar-refractivity contribution is 5.30. The van der Waals surface area contributed by atoms with Crippen LogP contribution in [0.5, 0.6) is 0 Å². The van der Waals surface area contributed by atoms with Gasteiger partial charge in [-0.15, -0.1) is 0 Å². The zero-order valence-electron chi connectivity index (χ0n) is 8.53. The lowest BCUT2D eigenvalue weighted by molar-refractivity contribution is 0.616. The van der Waals surface area contributed by atoms with Crippen LogP contribution in [-0.2, 0) is 0 Å². The molecule has 0 bridgehead atoms. The molecule has 0 nitrogen and oxygen atoms in total. The summed E-state index contributed by atoms with van der Waals surface area (Å²) >= 11 is 0. The molecule has 1 rings (SSSR count). The Hall–Kier alpha value is -0.850. The molecule has 1 aromatic carbocycles. The van der Waals surface area contributed by atoms with Gasteiger partial charge in [-0.3, -0.25) is 0 Å². The maximum absolute atomic E-state index is 12.8. The Bertz CT molecular complexity index is 201. The second kappa shape index (κ2) is 4.91. The van der Waals surface area contributed by atoms with Crippen LogP contribution in [0.3, 0.4) is 0 Å². The van der Waals surface area contributed by atoms with Crippen LogP contribution in [0.1, 0.15) is 30.5 Å². The van der Waals surface area contributed by atoms with Crippen LogP contribution in [-0.4, -0.2) is 0 Å². The van der Waals surface area contributed by atoms with Crippen LogP contribution in [0.4, 0.5) is 4.39 Å². The fourth-order valence-corrected chi connectivity index (χ4v) is 0.925. The summed E-state index contributed by atoms with van der Waals surface area (Å²) in [5, 5.41) is 0. The molecule has 0 unspecified atom stereocenters. The average Bonchev–Trinajstić information content (AvgIpc) is 2.05. The van der Waals surface area contributed by atoms with Gasteiger partial charge in [0.1, 0.15) is 5.82 Å². The molecule has 0 aliphatic rings. The van der Waals surface area contributed by atoms with E-state index in [9.17, 15) is 4.39 Å². The summed E-state index contributed by atoms with van der Waals surface area (Å²) in [6.07, 6.45) is 0. The molecule has 0 N–H and O–H groups in total. The predicted molar refractivity (Wildman–Crippen MR) is 52.0 cm³/mol. The number of hydrogen-bond acceptors (Lipinski definition) is 0. The summed E-state index contributed by atoms with van der Waals surface area (Å²) in [6, 6.07) is 3.44. The van der Waals surface area contributed by atoms with Crippen molar-refractivity contribution in [1.82, 2.24) is 0 Å². The topological polar surface area (TPSA) is 0 Å².